The molecule has 4 nitrogen and oxygen atoms in total. The highest BCUT2D eigenvalue weighted by atomic mass is 32.1. The van der Waals surface area contributed by atoms with E-state index in [1.807, 2.05) is 0 Å². The minimum atomic E-state index is -0.642. The van der Waals surface area contributed by atoms with Gasteiger partial charge in [-0.3, -0.25) is 4.79 Å². The summed E-state index contributed by atoms with van der Waals surface area (Å²) in [6, 6.07) is 5.61. The quantitative estimate of drug-likeness (QED) is 0.864. The largest absolute Gasteiger partial charge is 0.481 e. The molecule has 1 aromatic carbocycles. The number of nitrogens with one attached hydrogen (secondary N) is 1. The molecule has 0 unspecified atom stereocenters. The van der Waals surface area contributed by atoms with Crippen LogP contribution in [-0.4, -0.2) is 23.5 Å². The second kappa shape index (κ2) is 7.75. The number of benzene rings is 1. The van der Waals surface area contributed by atoms with E-state index in [1.165, 1.54) is 24.3 Å². The number of hydrogen-bond acceptors (Lipinski definition) is 4. The SMILES string of the molecule is C[C@H](Oc1ccc(F)cc1)C(=O)NCCc1nc(C(C)(C)C)cs1. The van der Waals surface area contributed by atoms with E-state index in [1.54, 1.807) is 18.3 Å². The van der Waals surface area contributed by atoms with Crippen LogP contribution in [0.4, 0.5) is 4.39 Å². The van der Waals surface area contributed by atoms with Crippen LogP contribution in [0.5, 0.6) is 5.75 Å². The molecule has 1 heterocycles. The van der Waals surface area contributed by atoms with Gasteiger partial charge in [0.25, 0.3) is 5.91 Å². The summed E-state index contributed by atoms with van der Waals surface area (Å²) in [6.45, 7) is 8.55. The van der Waals surface area contributed by atoms with Gasteiger partial charge >= 0.3 is 0 Å². The van der Waals surface area contributed by atoms with Gasteiger partial charge < -0.3 is 10.1 Å². The van der Waals surface area contributed by atoms with E-state index in [4.69, 9.17) is 4.74 Å². The lowest BCUT2D eigenvalue weighted by Gasteiger charge is -2.15. The molecule has 0 aliphatic heterocycles. The van der Waals surface area contributed by atoms with Gasteiger partial charge in [-0.2, -0.15) is 0 Å². The lowest BCUT2D eigenvalue weighted by atomic mass is 9.93. The molecule has 0 aliphatic carbocycles. The first kappa shape index (κ1) is 18.4. The molecule has 24 heavy (non-hydrogen) atoms. The van der Waals surface area contributed by atoms with Crippen molar-refractivity contribution >= 4 is 17.2 Å². The molecule has 1 N–H and O–H groups in total. The van der Waals surface area contributed by atoms with E-state index in [9.17, 15) is 9.18 Å². The first-order valence-electron chi connectivity index (χ1n) is 7.90. The summed E-state index contributed by atoms with van der Waals surface area (Å²) < 4.78 is 18.3. The topological polar surface area (TPSA) is 51.2 Å². The van der Waals surface area contributed by atoms with Gasteiger partial charge in [0.05, 0.1) is 10.7 Å². The molecule has 0 bridgehead atoms. The molecule has 0 aliphatic rings. The zero-order valence-corrected chi connectivity index (χ0v) is 15.2. The fourth-order valence-electron chi connectivity index (χ4n) is 1.98. The average molecular weight is 350 g/mol. The molecule has 2 rings (SSSR count). The van der Waals surface area contributed by atoms with Crippen molar-refractivity contribution in [2.24, 2.45) is 0 Å². The Morgan fingerprint density at radius 1 is 1.33 bits per heavy atom. The molecule has 1 aromatic heterocycles. The summed E-state index contributed by atoms with van der Waals surface area (Å²) in [5, 5.41) is 5.91. The number of nitrogens with zero attached hydrogens (tertiary/aromatic N) is 1. The Morgan fingerprint density at radius 3 is 2.58 bits per heavy atom. The van der Waals surface area contributed by atoms with E-state index in [0.29, 0.717) is 18.7 Å². The highest BCUT2D eigenvalue weighted by Crippen LogP contribution is 2.23. The number of halogens is 1. The summed E-state index contributed by atoms with van der Waals surface area (Å²) in [6.07, 6.45) is 0.0485. The fourth-order valence-corrected chi connectivity index (χ4v) is 3.00. The Morgan fingerprint density at radius 2 is 2.00 bits per heavy atom. The second-order valence-corrected chi connectivity index (χ2v) is 7.57. The first-order chi connectivity index (χ1) is 11.3. The molecule has 0 saturated carbocycles. The number of rotatable bonds is 6. The number of thiazole rings is 1. The van der Waals surface area contributed by atoms with Crippen LogP contribution in [0, 0.1) is 5.82 Å². The van der Waals surface area contributed by atoms with Crippen LogP contribution in [0.3, 0.4) is 0 Å². The van der Waals surface area contributed by atoms with Gasteiger partial charge in [0, 0.05) is 23.8 Å². The standard InChI is InChI=1S/C18H23FN2O2S/c1-12(23-14-7-5-13(19)6-8-14)17(22)20-10-9-16-21-15(11-24-16)18(2,3)4/h5-8,11-12H,9-10H2,1-4H3,(H,20,22)/t12-/m0/s1. The molecule has 0 spiro atoms. The van der Waals surface area contributed by atoms with Crippen molar-refractivity contribution in [3.8, 4) is 5.75 Å². The van der Waals surface area contributed by atoms with Crippen LogP contribution < -0.4 is 10.1 Å². The van der Waals surface area contributed by atoms with Crippen molar-refractivity contribution in [2.75, 3.05) is 6.54 Å². The van der Waals surface area contributed by atoms with Crippen LogP contribution >= 0.6 is 11.3 Å². The molecule has 0 fully saturated rings. The van der Waals surface area contributed by atoms with Gasteiger partial charge in [-0.05, 0) is 31.2 Å². The van der Waals surface area contributed by atoms with Gasteiger partial charge in [0.1, 0.15) is 11.6 Å². The third-order valence-electron chi connectivity index (χ3n) is 3.45. The van der Waals surface area contributed by atoms with Crippen molar-refractivity contribution in [3.63, 3.8) is 0 Å². The third kappa shape index (κ3) is 5.30. The van der Waals surface area contributed by atoms with Gasteiger partial charge in [-0.15, -0.1) is 11.3 Å². The molecule has 130 valence electrons. The van der Waals surface area contributed by atoms with Crippen molar-refractivity contribution in [1.82, 2.24) is 10.3 Å². The third-order valence-corrected chi connectivity index (χ3v) is 4.36. The molecule has 6 heteroatoms. The number of ether oxygens (including phenoxy) is 1. The van der Waals surface area contributed by atoms with Gasteiger partial charge in [0.15, 0.2) is 6.10 Å². The fraction of sp³-hybridized carbons (Fsp3) is 0.444. The maximum absolute atomic E-state index is 12.8. The lowest BCUT2D eigenvalue weighted by Crippen LogP contribution is -2.37. The highest BCUT2D eigenvalue weighted by molar-refractivity contribution is 7.09. The monoisotopic (exact) mass is 350 g/mol. The molecular formula is C18H23FN2O2S. The van der Waals surface area contributed by atoms with Crippen LogP contribution in [0.25, 0.3) is 0 Å². The summed E-state index contributed by atoms with van der Waals surface area (Å²) in [7, 11) is 0. The molecular weight excluding hydrogens is 327 g/mol. The average Bonchev–Trinajstić information content (AvgIpc) is 2.98. The lowest BCUT2D eigenvalue weighted by molar-refractivity contribution is -0.127. The normalized spacial score (nSPS) is 12.7. The molecule has 0 saturated heterocycles. The Labute approximate surface area is 146 Å². The van der Waals surface area contributed by atoms with E-state index >= 15 is 0 Å². The van der Waals surface area contributed by atoms with Gasteiger partial charge in [-0.1, -0.05) is 20.8 Å². The predicted octanol–water partition coefficient (Wildman–Crippen LogP) is 3.71. The molecule has 0 radical (unpaired) electrons. The number of carbonyl (C=O) groups is 1. The summed E-state index contributed by atoms with van der Waals surface area (Å²) in [5.41, 5.74) is 1.11. The van der Waals surface area contributed by atoms with E-state index in [-0.39, 0.29) is 17.1 Å². The van der Waals surface area contributed by atoms with E-state index in [2.05, 4.69) is 36.5 Å². The Kier molecular flexibility index (Phi) is 5.94. The van der Waals surface area contributed by atoms with Crippen LogP contribution in [0.2, 0.25) is 0 Å². The van der Waals surface area contributed by atoms with Crippen molar-refractivity contribution in [1.29, 1.82) is 0 Å². The second-order valence-electron chi connectivity index (χ2n) is 6.63. The smallest absolute Gasteiger partial charge is 0.260 e. The summed E-state index contributed by atoms with van der Waals surface area (Å²) in [5.74, 6) is -0.0711. The summed E-state index contributed by atoms with van der Waals surface area (Å²) >= 11 is 1.61. The van der Waals surface area contributed by atoms with Crippen molar-refractivity contribution in [3.05, 3.63) is 46.2 Å². The minimum Gasteiger partial charge on any atom is -0.481 e. The minimum absolute atomic E-state index is 0.0372. The highest BCUT2D eigenvalue weighted by Gasteiger charge is 2.18. The number of carbonyl (C=O) groups excluding carboxylic acids is 1. The maximum atomic E-state index is 12.8. The maximum Gasteiger partial charge on any atom is 0.260 e. The van der Waals surface area contributed by atoms with Crippen LogP contribution in [0.1, 0.15) is 38.4 Å². The van der Waals surface area contributed by atoms with Crippen molar-refractivity contribution in [2.45, 2.75) is 45.6 Å². The molecule has 1 amide bonds. The Bertz CT molecular complexity index is 677. The number of hydrogen-bond donors (Lipinski definition) is 1. The Hall–Kier alpha value is -1.95. The zero-order valence-electron chi connectivity index (χ0n) is 14.4. The van der Waals surface area contributed by atoms with Gasteiger partial charge in [0.2, 0.25) is 0 Å². The number of amides is 1. The molecule has 2 aromatic rings. The van der Waals surface area contributed by atoms with Crippen LogP contribution in [-0.2, 0) is 16.6 Å². The number of aromatic nitrogens is 1. The molecule has 1 atom stereocenters. The zero-order chi connectivity index (χ0) is 17.7. The first-order valence-corrected chi connectivity index (χ1v) is 8.78. The Balaban J connectivity index is 1.78. The van der Waals surface area contributed by atoms with E-state index < -0.39 is 6.10 Å². The van der Waals surface area contributed by atoms with Crippen LogP contribution in [0.15, 0.2) is 29.6 Å². The summed E-state index contributed by atoms with van der Waals surface area (Å²) in [4.78, 5) is 16.6. The van der Waals surface area contributed by atoms with Gasteiger partial charge in [-0.25, -0.2) is 9.37 Å². The van der Waals surface area contributed by atoms with Crippen molar-refractivity contribution < 1.29 is 13.9 Å². The van der Waals surface area contributed by atoms with E-state index in [0.717, 1.165) is 10.7 Å². The predicted molar refractivity (Wildman–Crippen MR) is 94.0 cm³/mol.